The van der Waals surface area contributed by atoms with E-state index in [0.717, 1.165) is 12.0 Å². The number of benzene rings is 1. The van der Waals surface area contributed by atoms with E-state index in [1.165, 1.54) is 19.9 Å². The van der Waals surface area contributed by atoms with Gasteiger partial charge in [-0.3, -0.25) is 14.4 Å². The summed E-state index contributed by atoms with van der Waals surface area (Å²) in [4.78, 5) is 37.7. The first-order valence-corrected chi connectivity index (χ1v) is 9.00. The number of fused-ring (bicyclic) bond motifs is 1. The van der Waals surface area contributed by atoms with Crippen LogP contribution >= 0.6 is 12.4 Å². The number of carbonyl (C=O) groups excluding carboxylic acids is 2. The second-order valence-corrected chi connectivity index (χ2v) is 6.72. The smallest absolute Gasteiger partial charge is 0.308 e. The van der Waals surface area contributed by atoms with Crippen molar-refractivity contribution in [3.63, 3.8) is 0 Å². The predicted molar refractivity (Wildman–Crippen MR) is 110 cm³/mol. The van der Waals surface area contributed by atoms with E-state index in [-0.39, 0.29) is 35.8 Å². The van der Waals surface area contributed by atoms with Gasteiger partial charge in [0.05, 0.1) is 5.52 Å². The summed E-state index contributed by atoms with van der Waals surface area (Å²) in [5.41, 5.74) is 0.809. The van der Waals surface area contributed by atoms with Gasteiger partial charge in [0.2, 0.25) is 5.56 Å². The molecule has 0 fully saturated rings. The maximum Gasteiger partial charge on any atom is 0.308 e. The van der Waals surface area contributed by atoms with Crippen LogP contribution in [0.1, 0.15) is 52.7 Å². The fraction of sp³-hybridized carbons (Fsp3) is 0.450. The van der Waals surface area contributed by atoms with Gasteiger partial charge < -0.3 is 19.8 Å². The summed E-state index contributed by atoms with van der Waals surface area (Å²) >= 11 is 0. The Bertz CT molecular complexity index is 894. The topological polar surface area (TPSA) is 97.5 Å². The van der Waals surface area contributed by atoms with E-state index in [1.54, 1.807) is 18.2 Å². The van der Waals surface area contributed by atoms with E-state index in [1.807, 2.05) is 20.8 Å². The summed E-state index contributed by atoms with van der Waals surface area (Å²) in [7, 11) is 0. The number of pyridine rings is 1. The number of hydrogen-bond acceptors (Lipinski definition) is 6. The van der Waals surface area contributed by atoms with E-state index in [4.69, 9.17) is 9.47 Å². The van der Waals surface area contributed by atoms with Crippen molar-refractivity contribution in [1.82, 2.24) is 10.3 Å². The van der Waals surface area contributed by atoms with E-state index in [2.05, 4.69) is 10.3 Å². The van der Waals surface area contributed by atoms with Crippen molar-refractivity contribution < 1.29 is 19.1 Å². The average molecular weight is 411 g/mol. The summed E-state index contributed by atoms with van der Waals surface area (Å²) < 4.78 is 10.9. The van der Waals surface area contributed by atoms with Gasteiger partial charge in [-0.05, 0) is 18.6 Å². The van der Waals surface area contributed by atoms with Crippen LogP contribution in [0.25, 0.3) is 10.9 Å². The highest BCUT2D eigenvalue weighted by molar-refractivity contribution is 5.90. The Balaban J connectivity index is 0.00000392. The third-order valence-corrected chi connectivity index (χ3v) is 4.10. The van der Waals surface area contributed by atoms with Crippen LogP contribution in [-0.2, 0) is 14.3 Å². The molecule has 0 saturated carbocycles. The largest absolute Gasteiger partial charge is 0.456 e. The highest BCUT2D eigenvalue weighted by Crippen LogP contribution is 2.34. The van der Waals surface area contributed by atoms with E-state index >= 15 is 0 Å². The third-order valence-electron chi connectivity index (χ3n) is 4.10. The molecule has 0 spiro atoms. The molecule has 154 valence electrons. The second-order valence-electron chi connectivity index (χ2n) is 6.72. The number of esters is 2. The van der Waals surface area contributed by atoms with Crippen LogP contribution in [0.4, 0.5) is 0 Å². The normalized spacial score (nSPS) is 12.9. The van der Waals surface area contributed by atoms with Crippen molar-refractivity contribution >= 4 is 35.2 Å². The maximum absolute atomic E-state index is 11.8. The lowest BCUT2D eigenvalue weighted by Gasteiger charge is -2.29. The molecule has 0 saturated heterocycles. The van der Waals surface area contributed by atoms with Gasteiger partial charge in [-0.1, -0.05) is 26.8 Å². The van der Waals surface area contributed by atoms with E-state index < -0.39 is 18.0 Å². The zero-order chi connectivity index (χ0) is 20.1. The van der Waals surface area contributed by atoms with Gasteiger partial charge in [0.15, 0.2) is 5.75 Å². The summed E-state index contributed by atoms with van der Waals surface area (Å²) in [5.74, 6) is -0.630. The first kappa shape index (κ1) is 23.7. The Kier molecular flexibility index (Phi) is 8.65. The van der Waals surface area contributed by atoms with Crippen LogP contribution in [0.5, 0.6) is 5.75 Å². The van der Waals surface area contributed by atoms with E-state index in [0.29, 0.717) is 10.9 Å². The molecule has 2 rings (SSSR count). The molecule has 0 aliphatic carbocycles. The van der Waals surface area contributed by atoms with Crippen LogP contribution < -0.4 is 15.6 Å². The lowest BCUT2D eigenvalue weighted by Crippen LogP contribution is -2.40. The molecule has 2 unspecified atom stereocenters. The van der Waals surface area contributed by atoms with Crippen LogP contribution in [0.2, 0.25) is 0 Å². The molecule has 0 aliphatic rings. The first-order chi connectivity index (χ1) is 12.7. The van der Waals surface area contributed by atoms with Gasteiger partial charge in [0, 0.05) is 42.9 Å². The summed E-state index contributed by atoms with van der Waals surface area (Å²) in [6.45, 7) is 8.71. The van der Waals surface area contributed by atoms with Gasteiger partial charge in [0.1, 0.15) is 6.10 Å². The SMILES string of the molecule is CCC(NC(C)C)C(OC(C)=O)c1ccc(OC(C)=O)c2[nH]c(=O)ccc12.Cl. The summed E-state index contributed by atoms with van der Waals surface area (Å²) in [5, 5.41) is 4.08. The summed E-state index contributed by atoms with van der Waals surface area (Å²) in [6, 6.07) is 6.48. The molecule has 1 aromatic heterocycles. The molecule has 2 N–H and O–H groups in total. The van der Waals surface area contributed by atoms with Gasteiger partial charge in [0.25, 0.3) is 0 Å². The Morgan fingerprint density at radius 1 is 1.11 bits per heavy atom. The van der Waals surface area contributed by atoms with Gasteiger partial charge >= 0.3 is 11.9 Å². The van der Waals surface area contributed by atoms with Crippen LogP contribution in [0.3, 0.4) is 0 Å². The second kappa shape index (κ2) is 10.2. The predicted octanol–water partition coefficient (Wildman–Crippen LogP) is 3.26. The highest BCUT2D eigenvalue weighted by Gasteiger charge is 2.28. The van der Waals surface area contributed by atoms with Crippen molar-refractivity contribution in [3.8, 4) is 5.75 Å². The fourth-order valence-electron chi connectivity index (χ4n) is 3.12. The zero-order valence-electron chi connectivity index (χ0n) is 16.7. The molecule has 1 heterocycles. The van der Waals surface area contributed by atoms with Gasteiger partial charge in [-0.2, -0.15) is 0 Å². The number of ether oxygens (including phenoxy) is 2. The summed E-state index contributed by atoms with van der Waals surface area (Å²) in [6.07, 6.45) is 0.168. The third kappa shape index (κ3) is 5.81. The number of H-pyrrole nitrogens is 1. The van der Waals surface area contributed by atoms with Gasteiger partial charge in [-0.25, -0.2) is 0 Å². The fourth-order valence-corrected chi connectivity index (χ4v) is 3.12. The molecular formula is C20H27ClN2O5. The monoisotopic (exact) mass is 410 g/mol. The molecule has 0 radical (unpaired) electrons. The Labute approximate surface area is 170 Å². The number of carbonyl (C=O) groups is 2. The standard InChI is InChI=1S/C20H26N2O5.ClH/c1-6-16(21-11(2)3)20(27-13(5)24)15-7-9-17(26-12(4)23)19-14(15)8-10-18(25)22-19;/h7-11,16,20-21H,6H2,1-5H3,(H,22,25);1H. The highest BCUT2D eigenvalue weighted by atomic mass is 35.5. The number of aromatic amines is 1. The van der Waals surface area contributed by atoms with E-state index in [9.17, 15) is 14.4 Å². The van der Waals surface area contributed by atoms with Crippen LogP contribution in [-0.4, -0.2) is 29.0 Å². The quantitative estimate of drug-likeness (QED) is 0.537. The molecule has 0 aliphatic heterocycles. The van der Waals surface area contributed by atoms with Crippen molar-refractivity contribution in [1.29, 1.82) is 0 Å². The zero-order valence-corrected chi connectivity index (χ0v) is 17.5. The minimum Gasteiger partial charge on any atom is -0.456 e. The molecule has 1 aromatic carbocycles. The number of aromatic nitrogens is 1. The molecule has 0 bridgehead atoms. The number of halogens is 1. The molecule has 7 nitrogen and oxygen atoms in total. The number of hydrogen-bond donors (Lipinski definition) is 2. The van der Waals surface area contributed by atoms with Crippen LogP contribution in [0.15, 0.2) is 29.1 Å². The van der Waals surface area contributed by atoms with Crippen LogP contribution in [0, 0.1) is 0 Å². The Hall–Kier alpha value is -2.38. The molecule has 2 aromatic rings. The minimum atomic E-state index is -0.560. The molecule has 28 heavy (non-hydrogen) atoms. The van der Waals surface area contributed by atoms with Gasteiger partial charge in [-0.15, -0.1) is 12.4 Å². The molecule has 0 amide bonds. The minimum absolute atomic E-state index is 0. The lowest BCUT2D eigenvalue weighted by atomic mass is 9.95. The lowest BCUT2D eigenvalue weighted by molar-refractivity contribution is -0.148. The van der Waals surface area contributed by atoms with Crippen molar-refractivity contribution in [2.75, 3.05) is 0 Å². The first-order valence-electron chi connectivity index (χ1n) is 9.00. The van der Waals surface area contributed by atoms with Crippen molar-refractivity contribution in [3.05, 3.63) is 40.2 Å². The van der Waals surface area contributed by atoms with Crippen molar-refractivity contribution in [2.24, 2.45) is 0 Å². The maximum atomic E-state index is 11.8. The molecule has 2 atom stereocenters. The average Bonchev–Trinajstić information content (AvgIpc) is 2.57. The molecular weight excluding hydrogens is 384 g/mol. The Morgan fingerprint density at radius 2 is 1.79 bits per heavy atom. The Morgan fingerprint density at radius 3 is 2.32 bits per heavy atom. The van der Waals surface area contributed by atoms with Crippen molar-refractivity contribution in [2.45, 2.75) is 59.2 Å². The molecule has 8 heteroatoms. The number of nitrogens with one attached hydrogen (secondary N) is 2. The number of rotatable bonds is 7.